The molecule has 0 saturated carbocycles. The van der Waals surface area contributed by atoms with Gasteiger partial charge in [-0.1, -0.05) is 18.2 Å². The van der Waals surface area contributed by atoms with Gasteiger partial charge in [0, 0.05) is 11.3 Å². The molecule has 3 aromatic carbocycles. The number of rotatable bonds is 4. The molecular weight excluding hydrogens is 401 g/mol. The molecule has 4 rings (SSSR count). The van der Waals surface area contributed by atoms with E-state index in [0.29, 0.717) is 16.9 Å². The van der Waals surface area contributed by atoms with Gasteiger partial charge in [-0.3, -0.25) is 14.5 Å². The van der Waals surface area contributed by atoms with Crippen LogP contribution in [0.15, 0.2) is 78.4 Å². The third-order valence-electron chi connectivity index (χ3n) is 5.10. The van der Waals surface area contributed by atoms with Crippen LogP contribution in [0.2, 0.25) is 0 Å². The Bertz CT molecular complexity index is 1190. The number of phenolic OH excluding ortho intramolecular Hbond substituents is 1. The molecule has 0 aliphatic carbocycles. The molecule has 1 fully saturated rings. The summed E-state index contributed by atoms with van der Waals surface area (Å²) in [5.74, 6) is -2.15. The number of hydrogen-bond acceptors (Lipinski definition) is 5. The second-order valence-electron chi connectivity index (χ2n) is 6.97. The molecular formula is C24H18FNO5. The molecule has 31 heavy (non-hydrogen) atoms. The number of nitrogens with zero attached hydrogens (tertiary/aromatic N) is 1. The van der Waals surface area contributed by atoms with Crippen LogP contribution in [0.25, 0.3) is 5.76 Å². The lowest BCUT2D eigenvalue weighted by molar-refractivity contribution is -0.132. The summed E-state index contributed by atoms with van der Waals surface area (Å²) in [6.45, 7) is 0. The van der Waals surface area contributed by atoms with Gasteiger partial charge in [-0.25, -0.2) is 4.39 Å². The van der Waals surface area contributed by atoms with Crippen LogP contribution in [-0.2, 0) is 9.59 Å². The number of carbonyl (C=O) groups is 2. The lowest BCUT2D eigenvalue weighted by atomic mass is 9.95. The number of amides is 1. The first-order valence-electron chi connectivity index (χ1n) is 9.40. The molecule has 1 unspecified atom stereocenters. The fourth-order valence-corrected chi connectivity index (χ4v) is 3.60. The van der Waals surface area contributed by atoms with Crippen molar-refractivity contribution in [1.29, 1.82) is 0 Å². The molecule has 0 spiro atoms. The normalized spacial score (nSPS) is 17.7. The third-order valence-corrected chi connectivity index (χ3v) is 5.10. The highest BCUT2D eigenvalue weighted by Gasteiger charge is 2.47. The molecule has 1 amide bonds. The minimum Gasteiger partial charge on any atom is -0.508 e. The predicted octanol–water partition coefficient (Wildman–Crippen LogP) is 4.17. The maximum absolute atomic E-state index is 13.9. The van der Waals surface area contributed by atoms with Crippen LogP contribution in [0.4, 0.5) is 10.1 Å². The Hall–Kier alpha value is -4.13. The highest BCUT2D eigenvalue weighted by atomic mass is 19.1. The monoisotopic (exact) mass is 419 g/mol. The van der Waals surface area contributed by atoms with E-state index in [0.717, 1.165) is 11.0 Å². The standard InChI is InChI=1S/C24H18FNO5/c1-31-19-11-7-15(8-12-19)22(28)20-21(14-5-9-18(27)10-6-14)26(24(30)23(20)29)17-4-2-3-16(25)13-17/h2-13,21,27-28H,1H3/b22-20+. The van der Waals surface area contributed by atoms with E-state index in [1.807, 2.05) is 0 Å². The van der Waals surface area contributed by atoms with Crippen molar-refractivity contribution in [2.24, 2.45) is 0 Å². The zero-order valence-corrected chi connectivity index (χ0v) is 16.4. The third kappa shape index (κ3) is 3.61. The average Bonchev–Trinajstić information content (AvgIpc) is 3.04. The molecule has 3 aromatic rings. The molecule has 0 radical (unpaired) electrons. The summed E-state index contributed by atoms with van der Waals surface area (Å²) in [6, 6.07) is 16.6. The fraction of sp³-hybridized carbons (Fsp3) is 0.0833. The summed E-state index contributed by atoms with van der Waals surface area (Å²) in [7, 11) is 1.50. The lowest BCUT2D eigenvalue weighted by Gasteiger charge is -2.25. The molecule has 1 heterocycles. The quantitative estimate of drug-likeness (QED) is 0.377. The van der Waals surface area contributed by atoms with Crippen LogP contribution in [0.3, 0.4) is 0 Å². The number of benzene rings is 3. The van der Waals surface area contributed by atoms with Gasteiger partial charge in [-0.2, -0.15) is 0 Å². The van der Waals surface area contributed by atoms with Crippen molar-refractivity contribution in [3.05, 3.63) is 95.3 Å². The molecule has 7 heteroatoms. The van der Waals surface area contributed by atoms with Crippen molar-refractivity contribution < 1.29 is 28.9 Å². The zero-order valence-electron chi connectivity index (χ0n) is 16.4. The van der Waals surface area contributed by atoms with E-state index in [9.17, 15) is 24.2 Å². The first kappa shape index (κ1) is 20.2. The van der Waals surface area contributed by atoms with Gasteiger partial charge in [0.25, 0.3) is 11.7 Å². The van der Waals surface area contributed by atoms with E-state index >= 15 is 0 Å². The molecule has 1 aliphatic heterocycles. The average molecular weight is 419 g/mol. The summed E-state index contributed by atoms with van der Waals surface area (Å²) in [5, 5.41) is 20.6. The van der Waals surface area contributed by atoms with Crippen LogP contribution in [0.1, 0.15) is 17.2 Å². The van der Waals surface area contributed by atoms with Gasteiger partial charge in [0.2, 0.25) is 0 Å². The van der Waals surface area contributed by atoms with Crippen molar-refractivity contribution in [3.8, 4) is 11.5 Å². The van der Waals surface area contributed by atoms with E-state index < -0.39 is 23.5 Å². The summed E-state index contributed by atoms with van der Waals surface area (Å²) < 4.78 is 19.0. The fourth-order valence-electron chi connectivity index (χ4n) is 3.60. The van der Waals surface area contributed by atoms with Crippen molar-refractivity contribution in [1.82, 2.24) is 0 Å². The Labute approximate surface area is 177 Å². The number of aromatic hydroxyl groups is 1. The Morgan fingerprint density at radius 2 is 1.68 bits per heavy atom. The first-order chi connectivity index (χ1) is 14.9. The topological polar surface area (TPSA) is 87.1 Å². The SMILES string of the molecule is COc1ccc(/C(O)=C2\C(=O)C(=O)N(c3cccc(F)c3)C2c2ccc(O)cc2)cc1. The number of Topliss-reactive ketones (excluding diaryl/α,β-unsaturated/α-hetero) is 1. The number of carbonyl (C=O) groups excluding carboxylic acids is 2. The van der Waals surface area contributed by atoms with Crippen molar-refractivity contribution in [2.45, 2.75) is 6.04 Å². The lowest BCUT2D eigenvalue weighted by Crippen LogP contribution is -2.29. The second kappa shape index (κ2) is 7.95. The van der Waals surface area contributed by atoms with Crippen molar-refractivity contribution in [3.63, 3.8) is 0 Å². The molecule has 1 saturated heterocycles. The van der Waals surface area contributed by atoms with Crippen molar-refractivity contribution >= 4 is 23.1 Å². The molecule has 1 atom stereocenters. The van der Waals surface area contributed by atoms with Gasteiger partial charge in [0.05, 0.1) is 18.7 Å². The van der Waals surface area contributed by atoms with E-state index in [1.54, 1.807) is 36.4 Å². The van der Waals surface area contributed by atoms with Crippen LogP contribution < -0.4 is 9.64 Å². The zero-order chi connectivity index (χ0) is 22.1. The molecule has 0 aromatic heterocycles. The number of hydrogen-bond donors (Lipinski definition) is 2. The molecule has 6 nitrogen and oxygen atoms in total. The minimum atomic E-state index is -1.01. The van der Waals surface area contributed by atoms with E-state index in [2.05, 4.69) is 0 Å². The maximum atomic E-state index is 13.9. The highest BCUT2D eigenvalue weighted by molar-refractivity contribution is 6.51. The summed E-state index contributed by atoms with van der Waals surface area (Å²) in [4.78, 5) is 27.1. The van der Waals surface area contributed by atoms with Crippen molar-refractivity contribution in [2.75, 3.05) is 12.0 Å². The summed E-state index contributed by atoms with van der Waals surface area (Å²) in [5.41, 5.74) is 0.831. The maximum Gasteiger partial charge on any atom is 0.300 e. The molecule has 156 valence electrons. The predicted molar refractivity (Wildman–Crippen MR) is 112 cm³/mol. The van der Waals surface area contributed by atoms with Crippen LogP contribution in [0.5, 0.6) is 11.5 Å². The van der Waals surface area contributed by atoms with E-state index in [1.165, 1.54) is 37.4 Å². The van der Waals surface area contributed by atoms with Gasteiger partial charge in [-0.15, -0.1) is 0 Å². The van der Waals surface area contributed by atoms with Gasteiger partial charge in [0.1, 0.15) is 23.1 Å². The molecule has 2 N–H and O–H groups in total. The number of ketones is 1. The largest absolute Gasteiger partial charge is 0.508 e. The molecule has 1 aliphatic rings. The number of phenols is 1. The number of anilines is 1. The van der Waals surface area contributed by atoms with Gasteiger partial charge < -0.3 is 14.9 Å². The smallest absolute Gasteiger partial charge is 0.300 e. The van der Waals surface area contributed by atoms with Gasteiger partial charge in [0.15, 0.2) is 0 Å². The number of ether oxygens (including phenoxy) is 1. The number of aliphatic hydroxyl groups excluding tert-OH is 1. The van der Waals surface area contributed by atoms with Crippen LogP contribution in [0, 0.1) is 5.82 Å². The Morgan fingerprint density at radius 1 is 1.00 bits per heavy atom. The number of methoxy groups -OCH3 is 1. The summed E-state index contributed by atoms with van der Waals surface area (Å²) in [6.07, 6.45) is 0. The minimum absolute atomic E-state index is 0.00149. The number of aliphatic hydroxyl groups is 1. The molecule has 0 bridgehead atoms. The Kier molecular flexibility index (Phi) is 5.17. The highest BCUT2D eigenvalue weighted by Crippen LogP contribution is 2.42. The van der Waals surface area contributed by atoms with E-state index in [-0.39, 0.29) is 22.8 Å². The van der Waals surface area contributed by atoms with E-state index in [4.69, 9.17) is 4.74 Å². The Morgan fingerprint density at radius 3 is 2.29 bits per heavy atom. The Balaban J connectivity index is 1.92. The van der Waals surface area contributed by atoms with Crippen LogP contribution >= 0.6 is 0 Å². The summed E-state index contributed by atoms with van der Waals surface area (Å²) >= 11 is 0. The van der Waals surface area contributed by atoms with Gasteiger partial charge >= 0.3 is 0 Å². The first-order valence-corrected chi connectivity index (χ1v) is 9.40. The van der Waals surface area contributed by atoms with Gasteiger partial charge in [-0.05, 0) is 60.2 Å². The number of halogens is 1. The van der Waals surface area contributed by atoms with Crippen LogP contribution in [-0.4, -0.2) is 29.0 Å². The second-order valence-corrected chi connectivity index (χ2v) is 6.97.